The number of carbonyl (C=O) groups excluding carboxylic acids is 2. The number of hydrogen-bond acceptors (Lipinski definition) is 7. The number of fused-ring (bicyclic) bond motifs is 1. The topological polar surface area (TPSA) is 105 Å². The van der Waals surface area contributed by atoms with E-state index in [1.54, 1.807) is 42.5 Å². The Morgan fingerprint density at radius 1 is 1.11 bits per heavy atom. The Hall–Kier alpha value is -4.05. The van der Waals surface area contributed by atoms with Gasteiger partial charge in [-0.25, -0.2) is 0 Å². The summed E-state index contributed by atoms with van der Waals surface area (Å²) in [5, 5.41) is 17.9. The molecule has 0 saturated carbocycles. The maximum absolute atomic E-state index is 12.9. The number of non-ortho nitro benzene ring substituents is 1. The Labute approximate surface area is 208 Å². The van der Waals surface area contributed by atoms with Crippen LogP contribution in [0.1, 0.15) is 33.9 Å². The number of nitrogens with zero attached hydrogens (tertiary/aromatic N) is 4. The van der Waals surface area contributed by atoms with Gasteiger partial charge in [-0.2, -0.15) is 5.10 Å². The van der Waals surface area contributed by atoms with E-state index >= 15 is 0 Å². The largest absolute Gasteiger partial charge is 0.497 e. The van der Waals surface area contributed by atoms with Crippen molar-refractivity contribution in [3.05, 3.63) is 98.0 Å². The van der Waals surface area contributed by atoms with Gasteiger partial charge in [-0.1, -0.05) is 28.1 Å². The van der Waals surface area contributed by atoms with E-state index < -0.39 is 16.6 Å². The van der Waals surface area contributed by atoms with Crippen LogP contribution in [0.25, 0.3) is 0 Å². The molecule has 1 atom stereocenters. The molecule has 0 spiro atoms. The molecule has 3 aromatic rings. The average molecular weight is 535 g/mol. The van der Waals surface area contributed by atoms with Crippen LogP contribution in [0.2, 0.25) is 0 Å². The zero-order valence-electron chi connectivity index (χ0n) is 18.6. The minimum absolute atomic E-state index is 0.0201. The summed E-state index contributed by atoms with van der Waals surface area (Å²) in [6.07, 6.45) is 0.469. The molecule has 9 nitrogen and oxygen atoms in total. The Morgan fingerprint density at radius 2 is 1.89 bits per heavy atom. The van der Waals surface area contributed by atoms with E-state index in [1.807, 2.05) is 24.3 Å². The molecule has 3 aromatic carbocycles. The van der Waals surface area contributed by atoms with E-state index in [4.69, 9.17) is 9.84 Å². The van der Waals surface area contributed by atoms with E-state index in [1.165, 1.54) is 17.0 Å². The number of rotatable bonds is 6. The lowest BCUT2D eigenvalue weighted by atomic mass is 9.98. The van der Waals surface area contributed by atoms with Gasteiger partial charge in [-0.15, -0.1) is 0 Å². The van der Waals surface area contributed by atoms with Crippen LogP contribution in [0, 0.1) is 10.1 Å². The smallest absolute Gasteiger partial charge is 0.301 e. The summed E-state index contributed by atoms with van der Waals surface area (Å²) in [4.78, 5) is 37.8. The van der Waals surface area contributed by atoms with Crippen LogP contribution < -0.4 is 9.64 Å². The van der Waals surface area contributed by atoms with Crippen molar-refractivity contribution in [1.82, 2.24) is 5.01 Å². The number of methoxy groups -OCH3 is 1. The first-order valence-corrected chi connectivity index (χ1v) is 11.5. The van der Waals surface area contributed by atoms with Gasteiger partial charge in [0.05, 0.1) is 35.0 Å². The number of hydrogen-bond donors (Lipinski definition) is 0. The summed E-state index contributed by atoms with van der Waals surface area (Å²) >= 11 is 3.34. The van der Waals surface area contributed by atoms with E-state index in [0.717, 1.165) is 11.3 Å². The van der Waals surface area contributed by atoms with Gasteiger partial charge in [0.15, 0.2) is 0 Å². The molecule has 0 aliphatic carbocycles. The highest BCUT2D eigenvalue weighted by Gasteiger charge is 2.39. The predicted molar refractivity (Wildman–Crippen MR) is 133 cm³/mol. The minimum Gasteiger partial charge on any atom is -0.497 e. The fourth-order valence-electron chi connectivity index (χ4n) is 4.34. The van der Waals surface area contributed by atoms with Crippen LogP contribution in [0.5, 0.6) is 5.75 Å². The van der Waals surface area contributed by atoms with Gasteiger partial charge >= 0.3 is 5.91 Å². The number of hydrazone groups is 1. The van der Waals surface area contributed by atoms with E-state index in [0.29, 0.717) is 33.5 Å². The lowest BCUT2D eigenvalue weighted by molar-refractivity contribution is -0.385. The number of ether oxygens (including phenoxy) is 1. The van der Waals surface area contributed by atoms with Gasteiger partial charge in [0, 0.05) is 23.0 Å². The van der Waals surface area contributed by atoms with Crippen molar-refractivity contribution in [1.29, 1.82) is 0 Å². The molecule has 0 bridgehead atoms. The van der Waals surface area contributed by atoms with Crippen molar-refractivity contribution in [3.63, 3.8) is 0 Å². The lowest BCUT2D eigenvalue weighted by Gasteiger charge is -2.28. The first-order chi connectivity index (χ1) is 16.9. The molecule has 10 heteroatoms. The van der Waals surface area contributed by atoms with Gasteiger partial charge < -0.3 is 4.74 Å². The fourth-order valence-corrected chi connectivity index (χ4v) is 4.70. The number of anilines is 1. The second-order valence-corrected chi connectivity index (χ2v) is 9.07. The molecule has 0 fully saturated rings. The Balaban J connectivity index is 1.52. The summed E-state index contributed by atoms with van der Waals surface area (Å²) in [7, 11) is 1.59. The van der Waals surface area contributed by atoms with Crippen LogP contribution >= 0.6 is 15.9 Å². The highest BCUT2D eigenvalue weighted by atomic mass is 79.9. The average Bonchev–Trinajstić information content (AvgIpc) is 3.39. The van der Waals surface area contributed by atoms with E-state index in [2.05, 4.69) is 15.9 Å². The van der Waals surface area contributed by atoms with Crippen molar-refractivity contribution >= 4 is 44.7 Å². The lowest BCUT2D eigenvalue weighted by Crippen LogP contribution is -2.39. The normalized spacial score (nSPS) is 17.0. The van der Waals surface area contributed by atoms with Crippen molar-refractivity contribution in [2.75, 3.05) is 18.7 Å². The Kier molecular flexibility index (Phi) is 5.81. The Bertz CT molecular complexity index is 1390. The zero-order chi connectivity index (χ0) is 24.7. The SMILES string of the molecule is COc1ccc(C2=NN(CN3C(=O)C(=O)c4cc(Br)ccc43)[C@H](c3cccc([N+](=O)[O-])c3)C2)cc1. The molecule has 1 amide bonds. The molecule has 0 saturated heterocycles. The standard InChI is InChI=1S/C25H19BrN4O5/c1-35-19-8-5-15(6-9-19)21-13-23(16-3-2-4-18(11-16)30(33)34)29(27-21)14-28-22-10-7-17(26)12-20(22)24(31)25(28)32/h2-12,23H,13-14H2,1H3/t23-/m0/s1. The van der Waals surface area contributed by atoms with Crippen molar-refractivity contribution in [2.45, 2.75) is 12.5 Å². The van der Waals surface area contributed by atoms with Crippen LogP contribution in [0.15, 0.2) is 76.3 Å². The summed E-state index contributed by atoms with van der Waals surface area (Å²) in [5.74, 6) is -0.501. The molecule has 0 radical (unpaired) electrons. The summed E-state index contributed by atoms with van der Waals surface area (Å²) in [5.41, 5.74) is 3.14. The first-order valence-electron chi connectivity index (χ1n) is 10.7. The number of halogens is 1. The number of benzene rings is 3. The second-order valence-electron chi connectivity index (χ2n) is 8.15. The number of Topliss-reactive ketones (excluding diaryl/α,β-unsaturated/α-hetero) is 1. The molecule has 35 heavy (non-hydrogen) atoms. The highest BCUT2D eigenvalue weighted by molar-refractivity contribution is 9.10. The molecule has 0 aromatic heterocycles. The molecule has 0 N–H and O–H groups in total. The monoisotopic (exact) mass is 534 g/mol. The fraction of sp³-hybridized carbons (Fsp3) is 0.160. The quantitative estimate of drug-likeness (QED) is 0.257. The molecular weight excluding hydrogens is 516 g/mol. The number of amides is 1. The molecular formula is C25H19BrN4O5. The number of nitro benzene ring substituents is 1. The van der Waals surface area contributed by atoms with Crippen LogP contribution in [0.4, 0.5) is 11.4 Å². The maximum Gasteiger partial charge on any atom is 0.301 e. The van der Waals surface area contributed by atoms with E-state index in [-0.39, 0.29) is 18.4 Å². The third-order valence-corrected chi connectivity index (χ3v) is 6.60. The van der Waals surface area contributed by atoms with Crippen LogP contribution in [-0.4, -0.2) is 41.1 Å². The summed E-state index contributed by atoms with van der Waals surface area (Å²) in [6, 6.07) is 18.6. The minimum atomic E-state index is -0.635. The zero-order valence-corrected chi connectivity index (χ0v) is 20.1. The van der Waals surface area contributed by atoms with Crippen molar-refractivity contribution < 1.29 is 19.2 Å². The van der Waals surface area contributed by atoms with Crippen molar-refractivity contribution in [2.24, 2.45) is 5.10 Å². The molecule has 2 aliphatic heterocycles. The third kappa shape index (κ3) is 4.17. The molecule has 176 valence electrons. The van der Waals surface area contributed by atoms with Gasteiger partial charge in [0.1, 0.15) is 12.4 Å². The van der Waals surface area contributed by atoms with Crippen molar-refractivity contribution in [3.8, 4) is 5.75 Å². The molecule has 2 aliphatic rings. The summed E-state index contributed by atoms with van der Waals surface area (Å²) in [6.45, 7) is 0.0201. The molecule has 5 rings (SSSR count). The second kappa shape index (κ2) is 8.95. The number of carbonyl (C=O) groups is 2. The maximum atomic E-state index is 12.9. The summed E-state index contributed by atoms with van der Waals surface area (Å²) < 4.78 is 5.94. The van der Waals surface area contributed by atoms with Gasteiger partial charge in [0.2, 0.25) is 0 Å². The first kappa shape index (κ1) is 22.7. The van der Waals surface area contributed by atoms with Crippen LogP contribution in [0.3, 0.4) is 0 Å². The number of nitro groups is 1. The predicted octanol–water partition coefficient (Wildman–Crippen LogP) is 4.70. The third-order valence-electron chi connectivity index (χ3n) is 6.10. The molecule has 0 unspecified atom stereocenters. The van der Waals surface area contributed by atoms with E-state index in [9.17, 15) is 19.7 Å². The van der Waals surface area contributed by atoms with Gasteiger partial charge in [0.25, 0.3) is 11.5 Å². The number of ketones is 1. The highest BCUT2D eigenvalue weighted by Crippen LogP contribution is 2.37. The van der Waals surface area contributed by atoms with Gasteiger partial charge in [-0.3, -0.25) is 29.6 Å². The van der Waals surface area contributed by atoms with Crippen LogP contribution in [-0.2, 0) is 4.79 Å². The Morgan fingerprint density at radius 3 is 2.60 bits per heavy atom. The molecule has 2 heterocycles. The van der Waals surface area contributed by atoms with Gasteiger partial charge in [-0.05, 0) is 53.6 Å².